The van der Waals surface area contributed by atoms with Gasteiger partial charge in [0.25, 0.3) is 0 Å². The van der Waals surface area contributed by atoms with Gasteiger partial charge in [0.15, 0.2) is 12.5 Å². The number of halogens is 4. The summed E-state index contributed by atoms with van der Waals surface area (Å²) >= 11 is 0. The fraction of sp³-hybridized carbons (Fsp3) is 0.0741. The molecular weight excluding hydrogens is 480 g/mol. The summed E-state index contributed by atoms with van der Waals surface area (Å²) in [5, 5.41) is 0. The monoisotopic (exact) mass is 500 g/mol. The topological polar surface area (TPSA) is 54.0 Å². The van der Waals surface area contributed by atoms with Crippen LogP contribution in [0, 0.1) is 0 Å². The van der Waals surface area contributed by atoms with Crippen molar-refractivity contribution in [2.75, 3.05) is 7.11 Å². The van der Waals surface area contributed by atoms with Crippen molar-refractivity contribution < 1.29 is 41.3 Å². The van der Waals surface area contributed by atoms with E-state index in [9.17, 15) is 22.4 Å². The van der Waals surface area contributed by atoms with Crippen LogP contribution in [-0.4, -0.2) is 13.1 Å². The first-order valence-electron chi connectivity index (χ1n) is 10.3. The first-order chi connectivity index (χ1) is 17.2. The van der Waals surface area contributed by atoms with Gasteiger partial charge in [-0.2, -0.15) is 17.6 Å². The molecule has 0 aliphatic carbocycles. The van der Waals surface area contributed by atoms with Gasteiger partial charge in [0, 0.05) is 16.7 Å². The zero-order valence-electron chi connectivity index (χ0n) is 19.2. The molecule has 0 amide bonds. The van der Waals surface area contributed by atoms with Crippen LogP contribution >= 0.6 is 0 Å². The number of methoxy groups -OCH3 is 1. The molecule has 0 spiro atoms. The average Bonchev–Trinajstić information content (AvgIpc) is 2.86. The van der Waals surface area contributed by atoms with Crippen LogP contribution in [0.1, 0.15) is 6.92 Å². The van der Waals surface area contributed by atoms with Crippen molar-refractivity contribution in [2.45, 2.75) is 6.92 Å². The van der Waals surface area contributed by atoms with E-state index in [2.05, 4.69) is 6.58 Å². The number of rotatable bonds is 9. The maximum absolute atomic E-state index is 12.8. The van der Waals surface area contributed by atoms with E-state index >= 15 is 0 Å². The Bertz CT molecular complexity index is 1310. The molecule has 0 unspecified atom stereocenters. The molecule has 0 radical (unpaired) electrons. The van der Waals surface area contributed by atoms with E-state index in [0.29, 0.717) is 22.4 Å². The normalized spacial score (nSPS) is 10.2. The fourth-order valence-electron chi connectivity index (χ4n) is 3.09. The van der Waals surface area contributed by atoms with Crippen molar-refractivity contribution >= 4 is 5.97 Å². The summed E-state index contributed by atoms with van der Waals surface area (Å²) in [6.07, 6.45) is -3.60. The molecule has 0 saturated heterocycles. The van der Waals surface area contributed by atoms with Crippen molar-refractivity contribution in [1.29, 1.82) is 0 Å². The minimum atomic E-state index is -2.07. The van der Waals surface area contributed by atoms with E-state index < -0.39 is 18.1 Å². The number of benzene rings is 3. The molecule has 0 saturated carbocycles. The summed E-state index contributed by atoms with van der Waals surface area (Å²) in [6.45, 7) is 5.01. The van der Waals surface area contributed by atoms with Crippen LogP contribution in [0.25, 0.3) is 22.3 Å². The molecule has 3 aromatic carbocycles. The van der Waals surface area contributed by atoms with Gasteiger partial charge in [0.1, 0.15) is 23.0 Å². The van der Waals surface area contributed by atoms with Crippen LogP contribution in [0.5, 0.6) is 23.0 Å². The highest BCUT2D eigenvalue weighted by Crippen LogP contribution is 2.42. The Kier molecular flexibility index (Phi) is 8.51. The molecular formula is C27H20F4O5. The van der Waals surface area contributed by atoms with Gasteiger partial charge in [0.05, 0.1) is 7.11 Å². The second-order valence-electron chi connectivity index (χ2n) is 7.32. The molecule has 0 bridgehead atoms. The van der Waals surface area contributed by atoms with E-state index in [-0.39, 0.29) is 40.9 Å². The SMILES string of the molecule is C=C(C)C(=O)Oc1ccc(-c2cc(OC=C(F)F)c(-c3ccc(OC)cc3)cc2OC=C(F)F)cc1. The highest BCUT2D eigenvalue weighted by atomic mass is 19.3. The highest BCUT2D eigenvalue weighted by molar-refractivity contribution is 5.89. The van der Waals surface area contributed by atoms with Gasteiger partial charge in [-0.1, -0.05) is 30.8 Å². The van der Waals surface area contributed by atoms with Crippen molar-refractivity contribution in [3.8, 4) is 45.3 Å². The summed E-state index contributed by atoms with van der Waals surface area (Å²) in [7, 11) is 1.49. The van der Waals surface area contributed by atoms with Crippen molar-refractivity contribution in [2.24, 2.45) is 0 Å². The minimum Gasteiger partial charge on any atom is -0.497 e. The molecule has 0 atom stereocenters. The van der Waals surface area contributed by atoms with Crippen molar-refractivity contribution in [3.63, 3.8) is 0 Å². The Morgan fingerprint density at radius 2 is 1.17 bits per heavy atom. The predicted octanol–water partition coefficient (Wildman–Crippen LogP) is 7.74. The quantitative estimate of drug-likeness (QED) is 0.0989. The van der Waals surface area contributed by atoms with Gasteiger partial charge in [-0.15, -0.1) is 0 Å². The summed E-state index contributed by atoms with van der Waals surface area (Å²) in [6, 6.07) is 15.4. The molecule has 0 aliphatic heterocycles. The third-order valence-corrected chi connectivity index (χ3v) is 4.76. The van der Waals surface area contributed by atoms with Gasteiger partial charge in [-0.25, -0.2) is 4.79 Å². The Labute approximate surface area is 204 Å². The van der Waals surface area contributed by atoms with Crippen LogP contribution in [0.4, 0.5) is 17.6 Å². The molecule has 3 rings (SSSR count). The molecule has 3 aromatic rings. The minimum absolute atomic E-state index is 0.00245. The predicted molar refractivity (Wildman–Crippen MR) is 126 cm³/mol. The lowest BCUT2D eigenvalue weighted by Gasteiger charge is -2.16. The Balaban J connectivity index is 2.14. The smallest absolute Gasteiger partial charge is 0.338 e. The highest BCUT2D eigenvalue weighted by Gasteiger charge is 2.17. The maximum atomic E-state index is 12.8. The van der Waals surface area contributed by atoms with Crippen LogP contribution in [0.15, 0.2) is 97.5 Å². The van der Waals surface area contributed by atoms with E-state index in [1.807, 2.05) is 0 Å². The number of carbonyl (C=O) groups excluding carboxylic acids is 1. The zero-order valence-corrected chi connectivity index (χ0v) is 19.2. The van der Waals surface area contributed by atoms with Gasteiger partial charge >= 0.3 is 18.1 Å². The second-order valence-corrected chi connectivity index (χ2v) is 7.32. The molecule has 9 heteroatoms. The second kappa shape index (κ2) is 11.7. The molecule has 0 fully saturated rings. The van der Waals surface area contributed by atoms with Gasteiger partial charge in [-0.3, -0.25) is 0 Å². The number of hydrogen-bond donors (Lipinski definition) is 0. The molecule has 5 nitrogen and oxygen atoms in total. The fourth-order valence-corrected chi connectivity index (χ4v) is 3.09. The van der Waals surface area contributed by atoms with Crippen molar-refractivity contribution in [1.82, 2.24) is 0 Å². The number of esters is 1. The first-order valence-corrected chi connectivity index (χ1v) is 10.3. The van der Waals surface area contributed by atoms with E-state index in [0.717, 1.165) is 0 Å². The lowest BCUT2D eigenvalue weighted by atomic mass is 9.97. The lowest BCUT2D eigenvalue weighted by Crippen LogP contribution is -2.07. The number of ether oxygens (including phenoxy) is 4. The molecule has 186 valence electrons. The molecule has 0 N–H and O–H groups in total. The van der Waals surface area contributed by atoms with Crippen LogP contribution in [0.3, 0.4) is 0 Å². The first kappa shape index (κ1) is 26.1. The number of hydrogen-bond acceptors (Lipinski definition) is 5. The van der Waals surface area contributed by atoms with E-state index in [4.69, 9.17) is 18.9 Å². The Morgan fingerprint density at radius 3 is 1.53 bits per heavy atom. The molecule has 0 aliphatic rings. The molecule has 0 heterocycles. The standard InChI is InChI=1S/C27H20F4O5/c1-16(2)27(32)36-20-10-6-18(7-11-20)22-13-23(34-14-25(28)29)21(12-24(22)35-15-26(30)31)17-4-8-19(33-3)9-5-17/h4-15H,1H2,2-3H3. The molecule has 36 heavy (non-hydrogen) atoms. The molecule has 0 aromatic heterocycles. The lowest BCUT2D eigenvalue weighted by molar-refractivity contribution is -0.130. The van der Waals surface area contributed by atoms with Crippen LogP contribution in [0.2, 0.25) is 0 Å². The average molecular weight is 500 g/mol. The van der Waals surface area contributed by atoms with Crippen LogP contribution < -0.4 is 18.9 Å². The Hall–Kier alpha value is -4.53. The van der Waals surface area contributed by atoms with E-state index in [1.54, 1.807) is 36.4 Å². The van der Waals surface area contributed by atoms with Gasteiger partial charge in [0.2, 0.25) is 0 Å². The number of carbonyl (C=O) groups is 1. The third kappa shape index (κ3) is 6.75. The van der Waals surface area contributed by atoms with Crippen LogP contribution in [-0.2, 0) is 4.79 Å². The van der Waals surface area contributed by atoms with Gasteiger partial charge in [-0.05, 0) is 54.4 Å². The zero-order chi connectivity index (χ0) is 26.2. The van der Waals surface area contributed by atoms with Crippen molar-refractivity contribution in [3.05, 3.63) is 97.5 Å². The summed E-state index contributed by atoms with van der Waals surface area (Å²) < 4.78 is 72.1. The van der Waals surface area contributed by atoms with Gasteiger partial charge < -0.3 is 18.9 Å². The third-order valence-electron chi connectivity index (χ3n) is 4.76. The summed E-state index contributed by atoms with van der Waals surface area (Å²) in [5.41, 5.74) is 1.74. The summed E-state index contributed by atoms with van der Waals surface area (Å²) in [4.78, 5) is 11.7. The largest absolute Gasteiger partial charge is 0.497 e. The maximum Gasteiger partial charge on any atom is 0.338 e. The summed E-state index contributed by atoms with van der Waals surface area (Å²) in [5.74, 6) is 0.168. The Morgan fingerprint density at radius 1 is 0.750 bits per heavy atom. The van der Waals surface area contributed by atoms with E-state index in [1.165, 1.54) is 38.3 Å².